The lowest BCUT2D eigenvalue weighted by Crippen LogP contribution is -2.10. The maximum absolute atomic E-state index is 6.21. The molecule has 0 unspecified atom stereocenters. The molecule has 0 aliphatic carbocycles. The Hall–Kier alpha value is -6.90. The lowest BCUT2D eigenvalue weighted by Gasteiger charge is -2.27. The molecule has 1 aromatic heterocycles. The summed E-state index contributed by atoms with van der Waals surface area (Å²) in [5.41, 5.74) is 14.5. The summed E-state index contributed by atoms with van der Waals surface area (Å²) in [4.78, 5) is 2.37. The summed E-state index contributed by atoms with van der Waals surface area (Å²) < 4.78 is 6.21. The molecule has 0 bridgehead atoms. The fourth-order valence-corrected chi connectivity index (χ4v) is 7.02. The van der Waals surface area contributed by atoms with Gasteiger partial charge in [-0.1, -0.05) is 152 Å². The molecule has 0 amide bonds. The number of anilines is 3. The summed E-state index contributed by atoms with van der Waals surface area (Å²) in [6.45, 7) is 0. The van der Waals surface area contributed by atoms with Crippen molar-refractivity contribution >= 4 is 28.0 Å². The molecule has 2 heteroatoms. The number of furan rings is 1. The van der Waals surface area contributed by atoms with Crippen LogP contribution in [-0.2, 0) is 0 Å². The van der Waals surface area contributed by atoms with Gasteiger partial charge in [0.25, 0.3) is 0 Å². The molecule has 0 N–H and O–H groups in total. The summed E-state index contributed by atoms with van der Waals surface area (Å²) in [6.07, 6.45) is 0. The molecule has 2 nitrogen and oxygen atoms in total. The highest BCUT2D eigenvalue weighted by atomic mass is 16.3. The first kappa shape index (κ1) is 31.1. The van der Waals surface area contributed by atoms with Crippen molar-refractivity contribution in [2.24, 2.45) is 0 Å². The minimum absolute atomic E-state index is 0.872. The minimum Gasteiger partial charge on any atom is -0.456 e. The largest absolute Gasteiger partial charge is 0.456 e. The van der Waals surface area contributed by atoms with Crippen LogP contribution >= 0.6 is 0 Å². The van der Waals surface area contributed by atoms with E-state index >= 15 is 0 Å². The average Bonchev–Trinajstić information content (AvgIpc) is 3.67. The molecule has 0 radical (unpaired) electrons. The summed E-state index contributed by atoms with van der Waals surface area (Å²) in [7, 11) is 0. The fourth-order valence-electron chi connectivity index (χ4n) is 7.02. The van der Waals surface area contributed by atoms with Crippen LogP contribution in [0, 0.1) is 0 Å². The van der Waals surface area contributed by atoms with Gasteiger partial charge in [0.2, 0.25) is 0 Å². The Balaban J connectivity index is 1.17. The number of benzene rings is 8. The second-order valence-electron chi connectivity index (χ2n) is 13.0. The molecule has 9 rings (SSSR count). The van der Waals surface area contributed by atoms with Crippen molar-refractivity contribution in [1.82, 2.24) is 0 Å². The van der Waals surface area contributed by atoms with E-state index in [-0.39, 0.29) is 0 Å². The summed E-state index contributed by atoms with van der Waals surface area (Å²) in [5, 5.41) is 1.11. The van der Waals surface area contributed by atoms with Crippen LogP contribution in [0.5, 0.6) is 0 Å². The third-order valence-corrected chi connectivity index (χ3v) is 9.63. The molecule has 0 spiro atoms. The average molecular weight is 666 g/mol. The van der Waals surface area contributed by atoms with Gasteiger partial charge in [-0.2, -0.15) is 0 Å². The smallest absolute Gasteiger partial charge is 0.135 e. The van der Waals surface area contributed by atoms with E-state index in [1.54, 1.807) is 0 Å². The highest BCUT2D eigenvalue weighted by molar-refractivity contribution is 5.87. The van der Waals surface area contributed by atoms with Gasteiger partial charge >= 0.3 is 0 Å². The molecule has 0 saturated heterocycles. The second-order valence-corrected chi connectivity index (χ2v) is 13.0. The molecule has 0 fully saturated rings. The lowest BCUT2D eigenvalue weighted by molar-refractivity contribution is 0.631. The van der Waals surface area contributed by atoms with E-state index in [0.717, 1.165) is 50.5 Å². The third-order valence-electron chi connectivity index (χ3n) is 9.63. The monoisotopic (exact) mass is 665 g/mol. The van der Waals surface area contributed by atoms with E-state index in [9.17, 15) is 0 Å². The molecule has 8 aromatic carbocycles. The van der Waals surface area contributed by atoms with Crippen LogP contribution in [-0.4, -0.2) is 0 Å². The standard InChI is InChI=1S/C50H35NO/c1-4-14-36(15-5-1)41-22-13-24-47(32-41)51(48-33-44(37-16-6-2-7-17-37)31-45(34-48)38-18-8-3-9-19-38)46-28-26-39(27-29-46)40-21-12-23-42(30-40)50-35-43-20-10-11-25-49(43)52-50/h1-35H. The quantitative estimate of drug-likeness (QED) is 0.161. The van der Waals surface area contributed by atoms with Crippen LogP contribution in [0.2, 0.25) is 0 Å². The topological polar surface area (TPSA) is 16.4 Å². The Morgan fingerprint density at radius 1 is 0.269 bits per heavy atom. The molecule has 0 aliphatic rings. The maximum atomic E-state index is 6.21. The first-order valence-electron chi connectivity index (χ1n) is 17.7. The van der Waals surface area contributed by atoms with Crippen molar-refractivity contribution in [3.8, 4) is 55.8 Å². The number of hydrogen-bond acceptors (Lipinski definition) is 2. The summed E-state index contributed by atoms with van der Waals surface area (Å²) in [5.74, 6) is 0.872. The maximum Gasteiger partial charge on any atom is 0.135 e. The molecule has 246 valence electrons. The zero-order chi connectivity index (χ0) is 34.7. The zero-order valence-electron chi connectivity index (χ0n) is 28.6. The summed E-state index contributed by atoms with van der Waals surface area (Å²) >= 11 is 0. The van der Waals surface area contributed by atoms with Gasteiger partial charge in [0.05, 0.1) is 0 Å². The van der Waals surface area contributed by atoms with Crippen molar-refractivity contribution in [3.63, 3.8) is 0 Å². The number of fused-ring (bicyclic) bond motifs is 1. The van der Waals surface area contributed by atoms with Crippen LogP contribution in [0.1, 0.15) is 0 Å². The van der Waals surface area contributed by atoms with Gasteiger partial charge in [-0.25, -0.2) is 0 Å². The highest BCUT2D eigenvalue weighted by Gasteiger charge is 2.17. The normalized spacial score (nSPS) is 11.1. The molecule has 0 aliphatic heterocycles. The first-order valence-corrected chi connectivity index (χ1v) is 17.7. The van der Waals surface area contributed by atoms with Crippen molar-refractivity contribution in [2.45, 2.75) is 0 Å². The minimum atomic E-state index is 0.872. The highest BCUT2D eigenvalue weighted by Crippen LogP contribution is 2.41. The van der Waals surface area contributed by atoms with Crippen LogP contribution in [0.4, 0.5) is 17.1 Å². The Labute approximate surface area is 304 Å². The van der Waals surface area contributed by atoms with Crippen molar-refractivity contribution in [2.75, 3.05) is 4.90 Å². The van der Waals surface area contributed by atoms with E-state index in [1.807, 2.05) is 18.2 Å². The molecule has 52 heavy (non-hydrogen) atoms. The fraction of sp³-hybridized carbons (Fsp3) is 0. The van der Waals surface area contributed by atoms with Gasteiger partial charge in [0, 0.05) is 28.0 Å². The predicted octanol–water partition coefficient (Wildman–Crippen LogP) is 14.2. The van der Waals surface area contributed by atoms with Crippen LogP contribution in [0.15, 0.2) is 217 Å². The van der Waals surface area contributed by atoms with Crippen LogP contribution in [0.3, 0.4) is 0 Å². The van der Waals surface area contributed by atoms with E-state index in [0.29, 0.717) is 0 Å². The Bertz CT molecular complexity index is 2510. The SMILES string of the molecule is c1ccc(-c2cccc(N(c3ccc(-c4cccc(-c5cc6ccccc6o5)c4)cc3)c3cc(-c4ccccc4)cc(-c4ccccc4)c3)c2)cc1. The number of rotatable bonds is 8. The zero-order valence-corrected chi connectivity index (χ0v) is 28.6. The molecule has 1 heterocycles. The molecular weight excluding hydrogens is 631 g/mol. The molecule has 0 saturated carbocycles. The third kappa shape index (κ3) is 6.30. The van der Waals surface area contributed by atoms with Gasteiger partial charge in [-0.05, 0) is 105 Å². The molecular formula is C50H35NO. The van der Waals surface area contributed by atoms with Crippen molar-refractivity contribution in [3.05, 3.63) is 212 Å². The van der Waals surface area contributed by atoms with E-state index < -0.39 is 0 Å². The van der Waals surface area contributed by atoms with Gasteiger partial charge < -0.3 is 9.32 Å². The number of para-hydroxylation sites is 1. The van der Waals surface area contributed by atoms with Crippen molar-refractivity contribution in [1.29, 1.82) is 0 Å². The van der Waals surface area contributed by atoms with E-state index in [4.69, 9.17) is 4.42 Å². The van der Waals surface area contributed by atoms with Gasteiger partial charge in [-0.3, -0.25) is 0 Å². The summed E-state index contributed by atoms with van der Waals surface area (Å²) in [6, 6.07) is 75.4. The lowest BCUT2D eigenvalue weighted by atomic mass is 9.97. The van der Waals surface area contributed by atoms with Crippen molar-refractivity contribution < 1.29 is 4.42 Å². The Morgan fingerprint density at radius 2 is 0.731 bits per heavy atom. The van der Waals surface area contributed by atoms with Gasteiger partial charge in [0.15, 0.2) is 0 Å². The van der Waals surface area contributed by atoms with E-state index in [2.05, 4.69) is 199 Å². The van der Waals surface area contributed by atoms with E-state index in [1.165, 1.54) is 33.4 Å². The Kier molecular flexibility index (Phi) is 8.24. The molecule has 9 aromatic rings. The van der Waals surface area contributed by atoms with Gasteiger partial charge in [-0.15, -0.1) is 0 Å². The predicted molar refractivity (Wildman–Crippen MR) is 218 cm³/mol. The molecule has 0 atom stereocenters. The second kappa shape index (κ2) is 13.8. The van der Waals surface area contributed by atoms with Crippen LogP contribution < -0.4 is 4.90 Å². The van der Waals surface area contributed by atoms with Gasteiger partial charge in [0.1, 0.15) is 11.3 Å². The van der Waals surface area contributed by atoms with Crippen LogP contribution in [0.25, 0.3) is 66.8 Å². The number of nitrogens with zero attached hydrogens (tertiary/aromatic N) is 1. The Morgan fingerprint density at radius 3 is 1.37 bits per heavy atom. The first-order chi connectivity index (χ1) is 25.7. The number of hydrogen-bond donors (Lipinski definition) is 0.